The summed E-state index contributed by atoms with van der Waals surface area (Å²) >= 11 is 0. The van der Waals surface area contributed by atoms with Crippen LogP contribution in [0.5, 0.6) is 0 Å². The highest BCUT2D eigenvalue weighted by Crippen LogP contribution is 2.14. The third kappa shape index (κ3) is 2.94. The van der Waals surface area contributed by atoms with Gasteiger partial charge in [0, 0.05) is 12.3 Å². The van der Waals surface area contributed by atoms with Gasteiger partial charge in [0.2, 0.25) is 0 Å². The van der Waals surface area contributed by atoms with Gasteiger partial charge in [0.1, 0.15) is 11.6 Å². The van der Waals surface area contributed by atoms with Crippen molar-refractivity contribution < 1.29 is 13.6 Å². The van der Waals surface area contributed by atoms with E-state index in [0.717, 1.165) is 0 Å². The minimum Gasteiger partial charge on any atom is -0.732 e. The first-order valence-corrected chi connectivity index (χ1v) is 6.58. The molecular weight excluding hydrogens is 234 g/mol. The van der Waals surface area contributed by atoms with E-state index in [9.17, 15) is 13.6 Å². The Morgan fingerprint density at radius 2 is 2.25 bits per heavy atom. The predicted molar refractivity (Wildman–Crippen MR) is 58.9 cm³/mol. The topological polar surface area (TPSA) is 98.5 Å². The van der Waals surface area contributed by atoms with Crippen LogP contribution in [-0.4, -0.2) is 34.7 Å². The van der Waals surface area contributed by atoms with Crippen LogP contribution in [0.15, 0.2) is 6.20 Å². The molecule has 1 aromatic rings. The SMILES string of the molecule is CCS(=O)(=O)CCn1c(N([O-])O)cnc1C. The molecule has 1 N–H and O–H groups in total. The van der Waals surface area contributed by atoms with E-state index in [2.05, 4.69) is 4.98 Å². The summed E-state index contributed by atoms with van der Waals surface area (Å²) in [6, 6.07) is 0. The molecule has 0 unspecified atom stereocenters. The van der Waals surface area contributed by atoms with E-state index in [1.807, 2.05) is 0 Å². The summed E-state index contributed by atoms with van der Waals surface area (Å²) in [5, 5.41) is 19.2. The van der Waals surface area contributed by atoms with E-state index in [1.165, 1.54) is 10.8 Å². The predicted octanol–water partition coefficient (Wildman–Crippen LogP) is 0.320. The van der Waals surface area contributed by atoms with Crippen molar-refractivity contribution in [1.82, 2.24) is 9.55 Å². The second kappa shape index (κ2) is 4.81. The summed E-state index contributed by atoms with van der Waals surface area (Å²) in [5.74, 6) is 0.387. The first kappa shape index (κ1) is 12.9. The summed E-state index contributed by atoms with van der Waals surface area (Å²) in [4.78, 5) is 3.83. The average Bonchev–Trinajstić information content (AvgIpc) is 2.57. The highest BCUT2D eigenvalue weighted by atomic mass is 32.2. The van der Waals surface area contributed by atoms with E-state index in [0.29, 0.717) is 5.82 Å². The molecule has 16 heavy (non-hydrogen) atoms. The van der Waals surface area contributed by atoms with Crippen molar-refractivity contribution in [1.29, 1.82) is 0 Å². The van der Waals surface area contributed by atoms with Crippen LogP contribution in [0, 0.1) is 12.1 Å². The fraction of sp³-hybridized carbons (Fsp3) is 0.625. The number of anilines is 1. The fourth-order valence-electron chi connectivity index (χ4n) is 1.26. The number of nitrogens with zero attached hydrogens (tertiary/aromatic N) is 3. The fourth-order valence-corrected chi connectivity index (χ4v) is 2.01. The van der Waals surface area contributed by atoms with Gasteiger partial charge in [0.05, 0.1) is 11.9 Å². The Bertz CT molecular complexity index is 452. The van der Waals surface area contributed by atoms with Crippen molar-refractivity contribution in [3.8, 4) is 0 Å². The molecule has 0 aliphatic carbocycles. The molecule has 1 aromatic heterocycles. The van der Waals surface area contributed by atoms with Crippen LogP contribution in [0.25, 0.3) is 0 Å². The lowest BCUT2D eigenvalue weighted by Crippen LogP contribution is -2.19. The Kier molecular flexibility index (Phi) is 3.89. The zero-order valence-corrected chi connectivity index (χ0v) is 9.94. The Hall–Kier alpha value is -1.12. The first-order chi connectivity index (χ1) is 7.37. The van der Waals surface area contributed by atoms with E-state index in [-0.39, 0.29) is 29.1 Å². The molecule has 0 aliphatic rings. The molecule has 0 aliphatic heterocycles. The lowest BCUT2D eigenvalue weighted by atomic mass is 10.6. The van der Waals surface area contributed by atoms with Gasteiger partial charge in [-0.15, -0.1) is 0 Å². The Morgan fingerprint density at radius 3 is 2.75 bits per heavy atom. The molecule has 0 amide bonds. The van der Waals surface area contributed by atoms with Gasteiger partial charge in [-0.25, -0.2) is 13.4 Å². The molecule has 1 heterocycles. The van der Waals surface area contributed by atoms with Gasteiger partial charge >= 0.3 is 0 Å². The number of hydrogen-bond acceptors (Lipinski definition) is 6. The van der Waals surface area contributed by atoms with Crippen LogP contribution in [-0.2, 0) is 16.4 Å². The average molecular weight is 248 g/mol. The van der Waals surface area contributed by atoms with Crippen LogP contribution in [0.1, 0.15) is 12.7 Å². The molecule has 1 rings (SSSR count). The largest absolute Gasteiger partial charge is 0.732 e. The van der Waals surface area contributed by atoms with Gasteiger partial charge in [-0.1, -0.05) is 6.92 Å². The van der Waals surface area contributed by atoms with Gasteiger partial charge < -0.3 is 15.0 Å². The van der Waals surface area contributed by atoms with Crippen molar-refractivity contribution in [3.63, 3.8) is 0 Å². The molecule has 92 valence electrons. The molecule has 0 saturated heterocycles. The lowest BCUT2D eigenvalue weighted by Gasteiger charge is -2.22. The van der Waals surface area contributed by atoms with E-state index in [4.69, 9.17) is 5.21 Å². The van der Waals surface area contributed by atoms with Crippen molar-refractivity contribution in [2.45, 2.75) is 20.4 Å². The van der Waals surface area contributed by atoms with E-state index >= 15 is 0 Å². The molecule has 0 atom stereocenters. The maximum atomic E-state index is 11.3. The molecular formula is C8H14N3O4S-. The highest BCUT2D eigenvalue weighted by molar-refractivity contribution is 7.91. The summed E-state index contributed by atoms with van der Waals surface area (Å²) in [6.07, 6.45) is 1.20. The van der Waals surface area contributed by atoms with E-state index < -0.39 is 9.84 Å². The zero-order chi connectivity index (χ0) is 12.3. The number of hydrogen-bond donors (Lipinski definition) is 1. The number of imidazole rings is 1. The highest BCUT2D eigenvalue weighted by Gasteiger charge is 2.12. The van der Waals surface area contributed by atoms with Crippen molar-refractivity contribution in [3.05, 3.63) is 17.2 Å². The lowest BCUT2D eigenvalue weighted by molar-refractivity contribution is 0.289. The molecule has 0 saturated carbocycles. The van der Waals surface area contributed by atoms with Crippen molar-refractivity contribution >= 4 is 15.7 Å². The Labute approximate surface area is 93.8 Å². The molecule has 0 bridgehead atoms. The maximum Gasteiger partial charge on any atom is 0.151 e. The summed E-state index contributed by atoms with van der Waals surface area (Å²) in [6.45, 7) is 3.30. The van der Waals surface area contributed by atoms with Crippen molar-refractivity contribution in [2.75, 3.05) is 16.7 Å². The van der Waals surface area contributed by atoms with Gasteiger partial charge in [0.25, 0.3) is 0 Å². The molecule has 0 radical (unpaired) electrons. The normalized spacial score (nSPS) is 11.8. The summed E-state index contributed by atoms with van der Waals surface area (Å²) in [7, 11) is -3.11. The van der Waals surface area contributed by atoms with Crippen molar-refractivity contribution in [2.24, 2.45) is 0 Å². The van der Waals surface area contributed by atoms with Crippen LogP contribution in [0.4, 0.5) is 5.82 Å². The zero-order valence-electron chi connectivity index (χ0n) is 9.12. The van der Waals surface area contributed by atoms with Crippen LogP contribution in [0.3, 0.4) is 0 Å². The standard InChI is InChI=1S/C8H14N3O4S/c1-3-16(14,15)5-4-10-7(2)9-6-8(10)11(12)13/h6,12H,3-5H2,1-2H3/q-1. The van der Waals surface area contributed by atoms with Gasteiger partial charge in [0.15, 0.2) is 9.84 Å². The monoisotopic (exact) mass is 248 g/mol. The second-order valence-corrected chi connectivity index (χ2v) is 5.80. The molecule has 0 spiro atoms. The number of aromatic nitrogens is 2. The van der Waals surface area contributed by atoms with Crippen LogP contribution >= 0.6 is 0 Å². The third-order valence-electron chi connectivity index (χ3n) is 2.30. The first-order valence-electron chi connectivity index (χ1n) is 4.76. The van der Waals surface area contributed by atoms with E-state index in [1.54, 1.807) is 13.8 Å². The Balaban J connectivity index is 2.85. The summed E-state index contributed by atoms with van der Waals surface area (Å²) < 4.78 is 24.0. The molecule has 7 nitrogen and oxygen atoms in total. The number of aryl methyl sites for hydroxylation is 1. The van der Waals surface area contributed by atoms with Crippen LogP contribution < -0.4 is 5.23 Å². The minimum atomic E-state index is -3.11. The smallest absolute Gasteiger partial charge is 0.151 e. The summed E-state index contributed by atoms with van der Waals surface area (Å²) in [5.41, 5.74) is 0. The van der Waals surface area contributed by atoms with Gasteiger partial charge in [-0.2, -0.15) is 0 Å². The molecule has 0 aromatic carbocycles. The number of sulfone groups is 1. The quantitative estimate of drug-likeness (QED) is 0.753. The second-order valence-electron chi connectivity index (χ2n) is 3.32. The minimum absolute atomic E-state index is 0.0519. The van der Waals surface area contributed by atoms with Gasteiger partial charge in [-0.3, -0.25) is 5.21 Å². The maximum absolute atomic E-state index is 11.3. The Morgan fingerprint density at radius 1 is 1.62 bits per heavy atom. The molecule has 8 heteroatoms. The molecule has 0 fully saturated rings. The van der Waals surface area contributed by atoms with Crippen LogP contribution in [0.2, 0.25) is 0 Å². The third-order valence-corrected chi connectivity index (χ3v) is 3.98. The van der Waals surface area contributed by atoms with Gasteiger partial charge in [-0.05, 0) is 6.92 Å². The number of rotatable bonds is 5.